The molecule has 0 unspecified atom stereocenters. The highest BCUT2D eigenvalue weighted by atomic mass is 35.5. The first-order valence-electron chi connectivity index (χ1n) is 9.50. The molecule has 0 aliphatic heterocycles. The fourth-order valence-corrected chi connectivity index (χ4v) is 4.35. The van der Waals surface area contributed by atoms with Crippen LogP contribution < -0.4 is 14.8 Å². The number of halogens is 2. The van der Waals surface area contributed by atoms with Crippen LogP contribution in [-0.4, -0.2) is 31.4 Å². The zero-order valence-corrected chi connectivity index (χ0v) is 19.3. The first-order valence-corrected chi connectivity index (χ1v) is 11.7. The fourth-order valence-electron chi connectivity index (χ4n) is 2.84. The lowest BCUT2D eigenvalue weighted by Crippen LogP contribution is -2.15. The van der Waals surface area contributed by atoms with E-state index in [2.05, 4.69) is 20.0 Å². The van der Waals surface area contributed by atoms with Crippen molar-refractivity contribution in [3.8, 4) is 5.88 Å². The van der Waals surface area contributed by atoms with Crippen LogP contribution in [0.2, 0.25) is 10.0 Å². The Morgan fingerprint density at radius 3 is 2.47 bits per heavy atom. The molecule has 0 bridgehead atoms. The molecule has 0 saturated heterocycles. The van der Waals surface area contributed by atoms with E-state index in [0.29, 0.717) is 28.6 Å². The SMILES string of the molecule is COc1nccnc1NS(=O)(=O)c1ccc(NC(=O)CCCc2ccc(Cl)cc2Cl)cc1. The van der Waals surface area contributed by atoms with E-state index in [0.717, 1.165) is 5.56 Å². The highest BCUT2D eigenvalue weighted by Gasteiger charge is 2.18. The molecule has 168 valence electrons. The Labute approximate surface area is 196 Å². The van der Waals surface area contributed by atoms with Crippen LogP contribution in [0.1, 0.15) is 18.4 Å². The van der Waals surface area contributed by atoms with Gasteiger partial charge in [-0.05, 0) is 54.8 Å². The summed E-state index contributed by atoms with van der Waals surface area (Å²) in [7, 11) is -2.55. The Morgan fingerprint density at radius 2 is 1.78 bits per heavy atom. The van der Waals surface area contributed by atoms with Gasteiger partial charge in [-0.1, -0.05) is 29.3 Å². The van der Waals surface area contributed by atoms with Crippen molar-refractivity contribution >= 4 is 50.6 Å². The van der Waals surface area contributed by atoms with Crippen molar-refractivity contribution in [3.05, 3.63) is 70.5 Å². The molecule has 2 N–H and O–H groups in total. The Kier molecular flexibility index (Phi) is 7.89. The van der Waals surface area contributed by atoms with Gasteiger partial charge in [0, 0.05) is 34.5 Å². The van der Waals surface area contributed by atoms with E-state index in [1.165, 1.54) is 43.8 Å². The van der Waals surface area contributed by atoms with Crippen LogP contribution >= 0.6 is 23.2 Å². The Bertz CT molecular complexity index is 1200. The maximum atomic E-state index is 12.6. The highest BCUT2D eigenvalue weighted by molar-refractivity contribution is 7.92. The minimum absolute atomic E-state index is 0.000542. The number of amides is 1. The Balaban J connectivity index is 1.56. The smallest absolute Gasteiger partial charge is 0.263 e. The largest absolute Gasteiger partial charge is 0.478 e. The zero-order chi connectivity index (χ0) is 23.1. The molecule has 1 heterocycles. The van der Waals surface area contributed by atoms with E-state index in [9.17, 15) is 13.2 Å². The minimum atomic E-state index is -3.91. The quantitative estimate of drug-likeness (QED) is 0.451. The van der Waals surface area contributed by atoms with Gasteiger partial charge in [-0.2, -0.15) is 0 Å². The number of sulfonamides is 1. The lowest BCUT2D eigenvalue weighted by atomic mass is 10.1. The van der Waals surface area contributed by atoms with Crippen molar-refractivity contribution in [3.63, 3.8) is 0 Å². The lowest BCUT2D eigenvalue weighted by molar-refractivity contribution is -0.116. The van der Waals surface area contributed by atoms with Gasteiger partial charge >= 0.3 is 0 Å². The van der Waals surface area contributed by atoms with Crippen LogP contribution in [-0.2, 0) is 21.2 Å². The number of methoxy groups -OCH3 is 1. The molecule has 3 aromatic rings. The maximum Gasteiger partial charge on any atom is 0.263 e. The van der Waals surface area contributed by atoms with Gasteiger partial charge in [0.2, 0.25) is 11.7 Å². The van der Waals surface area contributed by atoms with Gasteiger partial charge in [0.1, 0.15) is 0 Å². The summed E-state index contributed by atoms with van der Waals surface area (Å²) in [6.07, 6.45) is 4.26. The molecule has 0 fully saturated rings. The molecular formula is C21H20Cl2N4O4S. The molecule has 2 aromatic carbocycles. The van der Waals surface area contributed by atoms with Crippen LogP contribution in [0.4, 0.5) is 11.5 Å². The summed E-state index contributed by atoms with van der Waals surface area (Å²) in [6, 6.07) is 11.1. The predicted molar refractivity (Wildman–Crippen MR) is 124 cm³/mol. The molecule has 1 aromatic heterocycles. The number of nitrogens with zero attached hydrogens (tertiary/aromatic N) is 2. The number of hydrogen-bond donors (Lipinski definition) is 2. The number of rotatable bonds is 9. The molecule has 0 radical (unpaired) electrons. The third-order valence-corrected chi connectivity index (χ3v) is 6.34. The maximum absolute atomic E-state index is 12.6. The van der Waals surface area contributed by atoms with E-state index in [4.69, 9.17) is 27.9 Å². The van der Waals surface area contributed by atoms with Crippen molar-refractivity contribution < 1.29 is 17.9 Å². The van der Waals surface area contributed by atoms with Gasteiger partial charge in [-0.3, -0.25) is 9.52 Å². The van der Waals surface area contributed by atoms with Gasteiger partial charge in [0.05, 0.1) is 12.0 Å². The molecule has 3 rings (SSSR count). The molecule has 0 saturated carbocycles. The molecule has 0 aliphatic rings. The van der Waals surface area contributed by atoms with Gasteiger partial charge in [-0.15, -0.1) is 0 Å². The summed E-state index contributed by atoms with van der Waals surface area (Å²) < 4.78 is 32.5. The van der Waals surface area contributed by atoms with E-state index >= 15 is 0 Å². The van der Waals surface area contributed by atoms with E-state index < -0.39 is 10.0 Å². The second kappa shape index (κ2) is 10.6. The molecule has 0 spiro atoms. The molecule has 32 heavy (non-hydrogen) atoms. The first-order chi connectivity index (χ1) is 15.3. The molecule has 0 aliphatic carbocycles. The number of benzene rings is 2. The fraction of sp³-hybridized carbons (Fsp3) is 0.190. The number of nitrogens with one attached hydrogen (secondary N) is 2. The summed E-state index contributed by atoms with van der Waals surface area (Å²) >= 11 is 12.0. The Hall–Kier alpha value is -2.88. The number of hydrogen-bond acceptors (Lipinski definition) is 6. The molecular weight excluding hydrogens is 475 g/mol. The first kappa shape index (κ1) is 23.8. The highest BCUT2D eigenvalue weighted by Crippen LogP contribution is 2.24. The number of ether oxygens (including phenoxy) is 1. The lowest BCUT2D eigenvalue weighted by Gasteiger charge is -2.10. The molecule has 11 heteroatoms. The van der Waals surface area contributed by atoms with Crippen LogP contribution in [0.5, 0.6) is 5.88 Å². The van der Waals surface area contributed by atoms with Crippen LogP contribution in [0, 0.1) is 0 Å². The third kappa shape index (κ3) is 6.32. The number of carbonyl (C=O) groups is 1. The van der Waals surface area contributed by atoms with Crippen molar-refractivity contribution in [2.45, 2.75) is 24.2 Å². The molecule has 1 amide bonds. The normalized spacial score (nSPS) is 11.1. The third-order valence-electron chi connectivity index (χ3n) is 4.40. The number of carbonyl (C=O) groups excluding carboxylic acids is 1. The van der Waals surface area contributed by atoms with Crippen molar-refractivity contribution in [2.75, 3.05) is 17.1 Å². The molecule has 0 atom stereocenters. The van der Waals surface area contributed by atoms with Crippen molar-refractivity contribution in [1.29, 1.82) is 0 Å². The number of aromatic nitrogens is 2. The van der Waals surface area contributed by atoms with Gasteiger partial charge in [0.15, 0.2) is 0 Å². The Morgan fingerprint density at radius 1 is 1.06 bits per heavy atom. The van der Waals surface area contributed by atoms with Crippen LogP contribution in [0.25, 0.3) is 0 Å². The van der Waals surface area contributed by atoms with Crippen molar-refractivity contribution in [1.82, 2.24) is 9.97 Å². The van der Waals surface area contributed by atoms with Gasteiger partial charge in [0.25, 0.3) is 15.9 Å². The summed E-state index contributed by atoms with van der Waals surface area (Å²) in [5, 5.41) is 3.88. The standard InChI is InChI=1S/C21H20Cl2N4O4S/c1-31-21-20(24-11-12-25-21)27-32(29,30)17-9-7-16(8-10-17)26-19(28)4-2-3-14-5-6-15(22)13-18(14)23/h5-13H,2-4H2,1H3,(H,24,27)(H,26,28). The van der Waals surface area contributed by atoms with Crippen LogP contribution in [0.15, 0.2) is 59.8 Å². The van der Waals surface area contributed by atoms with Crippen molar-refractivity contribution in [2.24, 2.45) is 0 Å². The van der Waals surface area contributed by atoms with E-state index in [1.807, 2.05) is 6.07 Å². The van der Waals surface area contributed by atoms with Gasteiger partial charge in [-0.25, -0.2) is 18.4 Å². The van der Waals surface area contributed by atoms with Gasteiger partial charge < -0.3 is 10.1 Å². The zero-order valence-electron chi connectivity index (χ0n) is 17.0. The van der Waals surface area contributed by atoms with Crippen LogP contribution in [0.3, 0.4) is 0 Å². The number of anilines is 2. The number of aryl methyl sites for hydroxylation is 1. The topological polar surface area (TPSA) is 110 Å². The average molecular weight is 495 g/mol. The summed E-state index contributed by atoms with van der Waals surface area (Å²) in [6.45, 7) is 0. The predicted octanol–water partition coefficient (Wildman–Crippen LogP) is 4.55. The summed E-state index contributed by atoms with van der Waals surface area (Å²) in [4.78, 5) is 20.0. The average Bonchev–Trinajstić information content (AvgIpc) is 2.76. The second-order valence-corrected chi connectivity index (χ2v) is 9.21. The monoisotopic (exact) mass is 494 g/mol. The second-order valence-electron chi connectivity index (χ2n) is 6.68. The van der Waals surface area contributed by atoms with E-state index in [1.54, 1.807) is 12.1 Å². The van der Waals surface area contributed by atoms with E-state index in [-0.39, 0.29) is 28.9 Å². The summed E-state index contributed by atoms with van der Waals surface area (Å²) in [5.41, 5.74) is 1.40. The summed E-state index contributed by atoms with van der Waals surface area (Å²) in [5.74, 6) is -0.152. The minimum Gasteiger partial charge on any atom is -0.478 e. The molecule has 8 nitrogen and oxygen atoms in total.